The number of rotatable bonds is 8. The number of hydrogen-bond donors (Lipinski definition) is 1. The molecule has 0 fully saturated rings. The Morgan fingerprint density at radius 1 is 1.12 bits per heavy atom. The Morgan fingerprint density at radius 3 is 2.46 bits per heavy atom. The van der Waals surface area contributed by atoms with Crippen LogP contribution >= 0.6 is 15.9 Å². The summed E-state index contributed by atoms with van der Waals surface area (Å²) in [5.74, 6) is 1.49. The largest absolute Gasteiger partial charge is 0.493 e. The maximum Gasteiger partial charge on any atom is 0.175 e. The summed E-state index contributed by atoms with van der Waals surface area (Å²) in [7, 11) is 1.67. The van der Waals surface area contributed by atoms with Gasteiger partial charge in [-0.2, -0.15) is 0 Å². The van der Waals surface area contributed by atoms with Crippen LogP contribution in [0.1, 0.15) is 37.0 Å². The van der Waals surface area contributed by atoms with E-state index in [0.29, 0.717) is 12.6 Å². The van der Waals surface area contributed by atoms with Crippen molar-refractivity contribution in [1.29, 1.82) is 0 Å². The van der Waals surface area contributed by atoms with E-state index in [9.17, 15) is 0 Å². The van der Waals surface area contributed by atoms with Gasteiger partial charge >= 0.3 is 0 Å². The van der Waals surface area contributed by atoms with Crippen LogP contribution in [-0.4, -0.2) is 13.2 Å². The highest BCUT2D eigenvalue weighted by molar-refractivity contribution is 9.10. The molecule has 130 valence electrons. The van der Waals surface area contributed by atoms with Crippen LogP contribution in [0.25, 0.3) is 0 Å². The van der Waals surface area contributed by atoms with Crippen molar-refractivity contribution in [2.45, 2.75) is 46.4 Å². The number of halogens is 1. The fourth-order valence-electron chi connectivity index (χ4n) is 2.29. The first-order chi connectivity index (χ1) is 11.5. The molecule has 4 heteroatoms. The molecule has 2 rings (SSSR count). The molecule has 0 saturated carbocycles. The van der Waals surface area contributed by atoms with Gasteiger partial charge in [0.15, 0.2) is 11.5 Å². The zero-order chi connectivity index (χ0) is 17.5. The Kier molecular flexibility index (Phi) is 7.13. The van der Waals surface area contributed by atoms with Crippen molar-refractivity contribution in [3.05, 3.63) is 57.6 Å². The van der Waals surface area contributed by atoms with Gasteiger partial charge in [-0.25, -0.2) is 0 Å². The van der Waals surface area contributed by atoms with Crippen LogP contribution in [0.2, 0.25) is 0 Å². The average Bonchev–Trinajstić information content (AvgIpc) is 2.59. The number of hydrogen-bond acceptors (Lipinski definition) is 3. The average molecular weight is 392 g/mol. The molecule has 0 heterocycles. The quantitative estimate of drug-likeness (QED) is 0.667. The van der Waals surface area contributed by atoms with Crippen molar-refractivity contribution < 1.29 is 9.47 Å². The molecule has 1 N–H and O–H groups in total. The Morgan fingerprint density at radius 2 is 1.83 bits per heavy atom. The molecule has 0 aliphatic heterocycles. The Balaban J connectivity index is 2.10. The highest BCUT2D eigenvalue weighted by Gasteiger charge is 2.12. The van der Waals surface area contributed by atoms with E-state index in [0.717, 1.165) is 34.5 Å². The van der Waals surface area contributed by atoms with E-state index in [-0.39, 0.29) is 0 Å². The smallest absolute Gasteiger partial charge is 0.175 e. The van der Waals surface area contributed by atoms with Crippen molar-refractivity contribution in [3.8, 4) is 11.5 Å². The highest BCUT2D eigenvalue weighted by Crippen LogP contribution is 2.37. The third kappa shape index (κ3) is 5.25. The van der Waals surface area contributed by atoms with Crippen molar-refractivity contribution in [2.75, 3.05) is 7.11 Å². The second-order valence-corrected chi connectivity index (χ2v) is 6.93. The third-order valence-electron chi connectivity index (χ3n) is 4.06. The third-order valence-corrected chi connectivity index (χ3v) is 4.65. The van der Waals surface area contributed by atoms with E-state index in [2.05, 4.69) is 72.3 Å². The molecule has 1 atom stereocenters. The zero-order valence-electron chi connectivity index (χ0n) is 14.9. The first-order valence-corrected chi connectivity index (χ1v) is 9.11. The predicted octanol–water partition coefficient (Wildman–Crippen LogP) is 5.23. The van der Waals surface area contributed by atoms with Crippen molar-refractivity contribution in [3.63, 3.8) is 0 Å². The van der Waals surface area contributed by atoms with Crippen LogP contribution in [0.3, 0.4) is 0 Å². The van der Waals surface area contributed by atoms with Crippen molar-refractivity contribution >= 4 is 15.9 Å². The van der Waals surface area contributed by atoms with Gasteiger partial charge in [0.25, 0.3) is 0 Å². The normalized spacial score (nSPS) is 12.0. The lowest BCUT2D eigenvalue weighted by Crippen LogP contribution is -2.24. The van der Waals surface area contributed by atoms with Crippen LogP contribution in [0.4, 0.5) is 0 Å². The molecule has 0 radical (unpaired) electrons. The molecule has 2 aromatic rings. The number of benzene rings is 2. The molecule has 0 bridgehead atoms. The Bertz CT molecular complexity index is 655. The van der Waals surface area contributed by atoms with Gasteiger partial charge in [-0.3, -0.25) is 0 Å². The van der Waals surface area contributed by atoms with Crippen LogP contribution in [-0.2, 0) is 13.2 Å². The monoisotopic (exact) mass is 391 g/mol. The molecular weight excluding hydrogens is 366 g/mol. The summed E-state index contributed by atoms with van der Waals surface area (Å²) in [5.41, 5.74) is 3.55. The molecule has 0 aromatic heterocycles. The molecule has 0 spiro atoms. The molecule has 0 aliphatic rings. The number of aryl methyl sites for hydroxylation is 1. The van der Waals surface area contributed by atoms with Crippen LogP contribution in [0.5, 0.6) is 11.5 Å². The summed E-state index contributed by atoms with van der Waals surface area (Å²) in [4.78, 5) is 0. The summed E-state index contributed by atoms with van der Waals surface area (Å²) in [6, 6.07) is 13.0. The van der Waals surface area contributed by atoms with Crippen LogP contribution in [0.15, 0.2) is 40.9 Å². The van der Waals surface area contributed by atoms with E-state index >= 15 is 0 Å². The van der Waals surface area contributed by atoms with E-state index < -0.39 is 0 Å². The molecule has 0 amide bonds. The van der Waals surface area contributed by atoms with Gasteiger partial charge in [-0.15, -0.1) is 0 Å². The number of nitrogens with one attached hydrogen (secondary N) is 1. The van der Waals surface area contributed by atoms with Gasteiger partial charge in [-0.1, -0.05) is 36.8 Å². The topological polar surface area (TPSA) is 30.5 Å². The van der Waals surface area contributed by atoms with E-state index in [1.165, 1.54) is 11.1 Å². The Labute approximate surface area is 153 Å². The predicted molar refractivity (Wildman–Crippen MR) is 103 cm³/mol. The maximum absolute atomic E-state index is 5.99. The summed E-state index contributed by atoms with van der Waals surface area (Å²) >= 11 is 3.62. The first-order valence-electron chi connectivity index (χ1n) is 8.31. The second kappa shape index (κ2) is 9.09. The van der Waals surface area contributed by atoms with Gasteiger partial charge in [0.1, 0.15) is 6.61 Å². The molecule has 24 heavy (non-hydrogen) atoms. The summed E-state index contributed by atoms with van der Waals surface area (Å²) in [6.45, 7) is 7.76. The van der Waals surface area contributed by atoms with Crippen LogP contribution < -0.4 is 14.8 Å². The molecule has 2 aromatic carbocycles. The minimum Gasteiger partial charge on any atom is -0.493 e. The maximum atomic E-state index is 5.99. The minimum atomic E-state index is 0.493. The molecule has 3 nitrogen and oxygen atoms in total. The van der Waals surface area contributed by atoms with Crippen molar-refractivity contribution in [1.82, 2.24) is 5.32 Å². The summed E-state index contributed by atoms with van der Waals surface area (Å²) in [5, 5.41) is 3.49. The number of methoxy groups -OCH3 is 1. The minimum absolute atomic E-state index is 0.493. The van der Waals surface area contributed by atoms with Gasteiger partial charge in [0.2, 0.25) is 0 Å². The van der Waals surface area contributed by atoms with Gasteiger partial charge in [0, 0.05) is 12.6 Å². The molecular formula is C20H26BrNO2. The zero-order valence-corrected chi connectivity index (χ0v) is 16.4. The number of ether oxygens (including phenoxy) is 2. The fraction of sp³-hybridized carbons (Fsp3) is 0.400. The Hall–Kier alpha value is -1.52. The second-order valence-electron chi connectivity index (χ2n) is 6.07. The summed E-state index contributed by atoms with van der Waals surface area (Å²) in [6.07, 6.45) is 1.11. The van der Waals surface area contributed by atoms with Gasteiger partial charge in [-0.05, 0) is 59.5 Å². The molecule has 0 unspecified atom stereocenters. The van der Waals surface area contributed by atoms with Crippen LogP contribution in [0, 0.1) is 6.92 Å². The lowest BCUT2D eigenvalue weighted by atomic mass is 10.1. The lowest BCUT2D eigenvalue weighted by Gasteiger charge is -2.16. The van der Waals surface area contributed by atoms with E-state index in [1.54, 1.807) is 7.11 Å². The van der Waals surface area contributed by atoms with Crippen molar-refractivity contribution in [2.24, 2.45) is 0 Å². The molecule has 0 aliphatic carbocycles. The van der Waals surface area contributed by atoms with Gasteiger partial charge in [0.05, 0.1) is 11.6 Å². The highest BCUT2D eigenvalue weighted by atomic mass is 79.9. The standard InChI is InChI=1S/C20H26BrNO2/c1-5-15(3)22-12-17-10-18(21)20(19(11-17)23-4)24-13-16-8-6-14(2)7-9-16/h6-11,15,22H,5,12-13H2,1-4H3/t15-/m1/s1. The van der Waals surface area contributed by atoms with Gasteiger partial charge < -0.3 is 14.8 Å². The SMILES string of the molecule is CC[C@@H](C)NCc1cc(Br)c(OCc2ccc(C)cc2)c(OC)c1. The fourth-order valence-corrected chi connectivity index (χ4v) is 2.90. The van der Waals surface area contributed by atoms with E-state index in [4.69, 9.17) is 9.47 Å². The van der Waals surface area contributed by atoms with E-state index in [1.807, 2.05) is 6.07 Å². The summed E-state index contributed by atoms with van der Waals surface area (Å²) < 4.78 is 12.4. The lowest BCUT2D eigenvalue weighted by molar-refractivity contribution is 0.282. The molecule has 0 saturated heterocycles. The first kappa shape index (κ1) is 18.8.